The van der Waals surface area contributed by atoms with Gasteiger partial charge in [0, 0.05) is 38.6 Å². The number of anilines is 1. The predicted octanol–water partition coefficient (Wildman–Crippen LogP) is 3.59. The Balaban J connectivity index is 2.05. The summed E-state index contributed by atoms with van der Waals surface area (Å²) in [5.74, 6) is -1.52. The van der Waals surface area contributed by atoms with Crippen LogP contribution in [0.25, 0.3) is 0 Å². The van der Waals surface area contributed by atoms with E-state index in [1.807, 2.05) is 54.6 Å². The molecule has 1 unspecified atom stereocenters. The molecule has 1 N–H and O–H groups in total. The second-order valence-electron chi connectivity index (χ2n) is 8.74. The molecule has 0 saturated heterocycles. The zero-order valence-electron chi connectivity index (χ0n) is 21.3. The Bertz CT molecular complexity index is 1340. The number of nitrogens with one attached hydrogen (secondary N) is 1. The van der Waals surface area contributed by atoms with Crippen LogP contribution in [-0.2, 0) is 32.8 Å². The first-order valence-electron chi connectivity index (χ1n) is 11.8. The first kappa shape index (κ1) is 29.3. The lowest BCUT2D eigenvalue weighted by Gasteiger charge is -2.34. The maximum atomic E-state index is 13.9. The maximum Gasteiger partial charge on any atom is 0.304 e. The van der Waals surface area contributed by atoms with E-state index in [9.17, 15) is 22.4 Å². The molecular formula is C27H30BrFN4O4S. The van der Waals surface area contributed by atoms with Gasteiger partial charge in [-0.15, -0.1) is 0 Å². The lowest BCUT2D eigenvalue weighted by molar-refractivity contribution is -0.139. The van der Waals surface area contributed by atoms with E-state index in [0.29, 0.717) is 0 Å². The van der Waals surface area contributed by atoms with Gasteiger partial charge in [0.2, 0.25) is 11.8 Å². The monoisotopic (exact) mass is 604 g/mol. The molecule has 0 saturated carbocycles. The number of halogens is 2. The minimum absolute atomic E-state index is 0.0658. The quantitative estimate of drug-likeness (QED) is 0.362. The highest BCUT2D eigenvalue weighted by Crippen LogP contribution is 2.22. The molecule has 11 heteroatoms. The van der Waals surface area contributed by atoms with Gasteiger partial charge in [-0.05, 0) is 47.5 Å². The van der Waals surface area contributed by atoms with Crippen molar-refractivity contribution >= 4 is 43.6 Å². The van der Waals surface area contributed by atoms with Crippen LogP contribution in [0.4, 0.5) is 10.1 Å². The van der Waals surface area contributed by atoms with Gasteiger partial charge in [0.15, 0.2) is 0 Å². The van der Waals surface area contributed by atoms with Crippen molar-refractivity contribution in [3.05, 3.63) is 100 Å². The molecule has 3 aromatic rings. The molecule has 202 valence electrons. The average Bonchev–Trinajstić information content (AvgIpc) is 2.90. The molecule has 2 amide bonds. The van der Waals surface area contributed by atoms with Crippen LogP contribution in [0.15, 0.2) is 83.3 Å². The van der Waals surface area contributed by atoms with Crippen LogP contribution in [0.2, 0.25) is 0 Å². The number of carbonyl (C=O) groups is 2. The van der Waals surface area contributed by atoms with Crippen molar-refractivity contribution in [3.8, 4) is 0 Å². The molecule has 0 spiro atoms. The average molecular weight is 606 g/mol. The van der Waals surface area contributed by atoms with E-state index in [1.54, 1.807) is 0 Å². The van der Waals surface area contributed by atoms with Crippen LogP contribution in [0.1, 0.15) is 11.1 Å². The fourth-order valence-electron chi connectivity index (χ4n) is 3.83. The lowest BCUT2D eigenvalue weighted by Crippen LogP contribution is -2.53. The number of likely N-dealkylation sites (N-methyl/N-ethyl adjacent to an activating group) is 1. The van der Waals surface area contributed by atoms with E-state index >= 15 is 0 Å². The Kier molecular flexibility index (Phi) is 10.0. The van der Waals surface area contributed by atoms with Gasteiger partial charge in [-0.25, -0.2) is 8.70 Å². The first-order valence-corrected chi connectivity index (χ1v) is 14.0. The van der Waals surface area contributed by atoms with E-state index in [0.717, 1.165) is 36.3 Å². The van der Waals surface area contributed by atoms with Gasteiger partial charge in [-0.1, -0.05) is 58.4 Å². The van der Waals surface area contributed by atoms with E-state index < -0.39 is 34.5 Å². The molecule has 8 nitrogen and oxygen atoms in total. The molecule has 1 atom stereocenters. The maximum absolute atomic E-state index is 13.9. The zero-order valence-corrected chi connectivity index (χ0v) is 23.7. The highest BCUT2D eigenvalue weighted by molar-refractivity contribution is 9.10. The number of hydrogen-bond acceptors (Lipinski definition) is 4. The standard InChI is InChI=1S/C27H30BrFN4O4S/c1-30-27(35)25(17-20-7-5-4-6-8-20)32(18-21-9-11-22(28)12-10-21)26(34)19-33(38(36,37)31(2)3)24-15-13-23(29)14-16-24/h4-16,25H,17-19H2,1-3H3,(H,30,35). The summed E-state index contributed by atoms with van der Waals surface area (Å²) < 4.78 is 42.8. The van der Waals surface area contributed by atoms with Crippen molar-refractivity contribution in [2.75, 3.05) is 32.0 Å². The summed E-state index contributed by atoms with van der Waals surface area (Å²) >= 11 is 3.40. The predicted molar refractivity (Wildman–Crippen MR) is 149 cm³/mol. The normalized spacial score (nSPS) is 12.2. The van der Waals surface area contributed by atoms with Crippen LogP contribution in [0.3, 0.4) is 0 Å². The van der Waals surface area contributed by atoms with Gasteiger partial charge in [0.25, 0.3) is 0 Å². The molecule has 0 aliphatic carbocycles. The second kappa shape index (κ2) is 13.0. The summed E-state index contributed by atoms with van der Waals surface area (Å²) in [6.07, 6.45) is 0.222. The minimum Gasteiger partial charge on any atom is -0.357 e. The van der Waals surface area contributed by atoms with Crippen molar-refractivity contribution in [1.82, 2.24) is 14.5 Å². The second-order valence-corrected chi connectivity index (χ2v) is 11.7. The van der Waals surface area contributed by atoms with Crippen molar-refractivity contribution in [3.63, 3.8) is 0 Å². The molecule has 0 heterocycles. The van der Waals surface area contributed by atoms with Crippen molar-refractivity contribution in [1.29, 1.82) is 0 Å². The Morgan fingerprint density at radius 1 is 0.921 bits per heavy atom. The Labute approximate surface area is 231 Å². The number of amides is 2. The van der Waals surface area contributed by atoms with E-state index in [1.165, 1.54) is 38.2 Å². The fraction of sp³-hybridized carbons (Fsp3) is 0.259. The number of nitrogens with zero attached hydrogens (tertiary/aromatic N) is 3. The molecule has 38 heavy (non-hydrogen) atoms. The summed E-state index contributed by atoms with van der Waals surface area (Å²) in [7, 11) is 0.0494. The van der Waals surface area contributed by atoms with Crippen LogP contribution in [0.5, 0.6) is 0 Å². The summed E-state index contributed by atoms with van der Waals surface area (Å²) in [5.41, 5.74) is 1.72. The van der Waals surface area contributed by atoms with Crippen molar-refractivity contribution in [2.45, 2.75) is 19.0 Å². The Hall–Kier alpha value is -3.28. The molecule has 0 aromatic heterocycles. The van der Waals surface area contributed by atoms with Crippen LogP contribution < -0.4 is 9.62 Å². The topological polar surface area (TPSA) is 90.0 Å². The van der Waals surface area contributed by atoms with Gasteiger partial charge in [0.1, 0.15) is 18.4 Å². The summed E-state index contributed by atoms with van der Waals surface area (Å²) in [6.45, 7) is -0.527. The van der Waals surface area contributed by atoms with Gasteiger partial charge >= 0.3 is 10.2 Å². The van der Waals surface area contributed by atoms with E-state index in [-0.39, 0.29) is 24.6 Å². The smallest absolute Gasteiger partial charge is 0.304 e. The van der Waals surface area contributed by atoms with Crippen LogP contribution in [0, 0.1) is 5.82 Å². The molecule has 0 bridgehead atoms. The minimum atomic E-state index is -4.13. The SMILES string of the molecule is CNC(=O)C(Cc1ccccc1)N(Cc1ccc(Br)cc1)C(=O)CN(c1ccc(F)cc1)S(=O)(=O)N(C)C. The largest absolute Gasteiger partial charge is 0.357 e. The summed E-state index contributed by atoms with van der Waals surface area (Å²) in [4.78, 5) is 28.4. The molecule has 0 aliphatic heterocycles. The van der Waals surface area contributed by atoms with Crippen molar-refractivity contribution in [2.24, 2.45) is 0 Å². The molecule has 0 fully saturated rings. The molecule has 3 aromatic carbocycles. The Morgan fingerprint density at radius 2 is 1.53 bits per heavy atom. The van der Waals surface area contributed by atoms with Crippen LogP contribution in [-0.4, -0.2) is 63.2 Å². The molecule has 0 aliphatic rings. The Morgan fingerprint density at radius 3 is 2.08 bits per heavy atom. The van der Waals surface area contributed by atoms with Crippen LogP contribution >= 0.6 is 15.9 Å². The number of carbonyl (C=O) groups excluding carboxylic acids is 2. The lowest BCUT2D eigenvalue weighted by atomic mass is 10.0. The highest BCUT2D eigenvalue weighted by Gasteiger charge is 2.34. The van der Waals surface area contributed by atoms with Crippen molar-refractivity contribution < 1.29 is 22.4 Å². The highest BCUT2D eigenvalue weighted by atomic mass is 79.9. The van der Waals surface area contributed by atoms with Gasteiger partial charge in [0.05, 0.1) is 5.69 Å². The number of hydrogen-bond donors (Lipinski definition) is 1. The molecule has 0 radical (unpaired) electrons. The third kappa shape index (κ3) is 7.40. The van der Waals surface area contributed by atoms with Gasteiger partial charge in [-0.3, -0.25) is 9.59 Å². The molecule has 3 rings (SSSR count). The third-order valence-electron chi connectivity index (χ3n) is 5.92. The van der Waals surface area contributed by atoms with Gasteiger partial charge in [-0.2, -0.15) is 12.7 Å². The zero-order chi connectivity index (χ0) is 27.9. The van der Waals surface area contributed by atoms with E-state index in [2.05, 4.69) is 21.2 Å². The third-order valence-corrected chi connectivity index (χ3v) is 8.27. The summed E-state index contributed by atoms with van der Waals surface area (Å²) in [6, 6.07) is 20.5. The first-order chi connectivity index (χ1) is 18.0. The molecular weight excluding hydrogens is 575 g/mol. The summed E-state index contributed by atoms with van der Waals surface area (Å²) in [5, 5.41) is 2.63. The number of benzene rings is 3. The number of rotatable bonds is 11. The van der Waals surface area contributed by atoms with E-state index in [4.69, 9.17) is 0 Å². The fourth-order valence-corrected chi connectivity index (χ4v) is 5.15. The van der Waals surface area contributed by atoms with Gasteiger partial charge < -0.3 is 10.2 Å².